The van der Waals surface area contributed by atoms with Crippen LogP contribution in [0.15, 0.2) is 54.6 Å². The summed E-state index contributed by atoms with van der Waals surface area (Å²) < 4.78 is 5.94. The zero-order chi connectivity index (χ0) is 13.6. The Hall–Kier alpha value is -1.96. The third-order valence-electron chi connectivity index (χ3n) is 3.93. The highest BCUT2D eigenvalue weighted by Crippen LogP contribution is 2.29. The van der Waals surface area contributed by atoms with Gasteiger partial charge in [0, 0.05) is 6.54 Å². The van der Waals surface area contributed by atoms with Gasteiger partial charge >= 0.3 is 0 Å². The molecule has 0 amide bonds. The van der Waals surface area contributed by atoms with Crippen LogP contribution >= 0.6 is 0 Å². The molecule has 0 aromatic heterocycles. The minimum absolute atomic E-state index is 0.614. The van der Waals surface area contributed by atoms with Crippen molar-refractivity contribution in [3.8, 4) is 5.75 Å². The zero-order valence-corrected chi connectivity index (χ0v) is 11.7. The summed E-state index contributed by atoms with van der Waals surface area (Å²) in [5.74, 6) is 1.79. The van der Waals surface area contributed by atoms with Gasteiger partial charge in [-0.2, -0.15) is 0 Å². The van der Waals surface area contributed by atoms with Crippen LogP contribution in [0, 0.1) is 5.92 Å². The molecule has 1 N–H and O–H groups in total. The first-order chi connectivity index (χ1) is 9.92. The van der Waals surface area contributed by atoms with Crippen LogP contribution in [0.3, 0.4) is 0 Å². The Kier molecular flexibility index (Phi) is 4.22. The third kappa shape index (κ3) is 3.32. The molecule has 0 heterocycles. The summed E-state index contributed by atoms with van der Waals surface area (Å²) in [6.45, 7) is 1.68. The second-order valence-electron chi connectivity index (χ2n) is 5.45. The quantitative estimate of drug-likeness (QED) is 0.833. The highest BCUT2D eigenvalue weighted by molar-refractivity contribution is 5.56. The van der Waals surface area contributed by atoms with Gasteiger partial charge in [0.2, 0.25) is 0 Å². The largest absolute Gasteiger partial charge is 0.487 e. The lowest BCUT2D eigenvalue weighted by atomic mass is 9.85. The Morgan fingerprint density at radius 3 is 2.45 bits per heavy atom. The Bertz CT molecular complexity index is 534. The summed E-state index contributed by atoms with van der Waals surface area (Å²) in [4.78, 5) is 0. The average Bonchev–Trinajstić information content (AvgIpc) is 2.46. The van der Waals surface area contributed by atoms with Crippen LogP contribution in [0.25, 0.3) is 0 Å². The molecule has 0 unspecified atom stereocenters. The predicted octanol–water partition coefficient (Wildman–Crippen LogP) is 4.48. The number of rotatable bonds is 6. The van der Waals surface area contributed by atoms with Crippen molar-refractivity contribution in [3.05, 3.63) is 60.2 Å². The first-order valence-electron chi connectivity index (χ1n) is 7.41. The van der Waals surface area contributed by atoms with Crippen LogP contribution in [-0.2, 0) is 6.61 Å². The number of benzene rings is 2. The highest BCUT2D eigenvalue weighted by atomic mass is 16.5. The molecule has 2 aromatic carbocycles. The smallest absolute Gasteiger partial charge is 0.142 e. The molecule has 1 aliphatic carbocycles. The van der Waals surface area contributed by atoms with Gasteiger partial charge in [-0.3, -0.25) is 0 Å². The molecule has 1 aliphatic rings. The van der Waals surface area contributed by atoms with Gasteiger partial charge in [0.05, 0.1) is 5.69 Å². The monoisotopic (exact) mass is 267 g/mol. The molecule has 2 heteroatoms. The van der Waals surface area contributed by atoms with E-state index >= 15 is 0 Å². The summed E-state index contributed by atoms with van der Waals surface area (Å²) >= 11 is 0. The van der Waals surface area contributed by atoms with Gasteiger partial charge in [-0.1, -0.05) is 48.9 Å². The standard InChI is InChI=1S/C18H21NO/c1-2-7-16(8-3-1)14-20-18-12-5-4-11-17(18)19-13-15-9-6-10-15/h1-5,7-8,11-12,15,19H,6,9-10,13-14H2. The molecule has 0 saturated heterocycles. The first kappa shape index (κ1) is 13.0. The number of para-hydroxylation sites is 2. The molecule has 2 aromatic rings. The number of anilines is 1. The molecule has 20 heavy (non-hydrogen) atoms. The van der Waals surface area contributed by atoms with Crippen LogP contribution < -0.4 is 10.1 Å². The van der Waals surface area contributed by atoms with Crippen molar-refractivity contribution in [2.75, 3.05) is 11.9 Å². The van der Waals surface area contributed by atoms with E-state index in [-0.39, 0.29) is 0 Å². The van der Waals surface area contributed by atoms with Crippen molar-refractivity contribution in [1.82, 2.24) is 0 Å². The normalized spacial score (nSPS) is 14.6. The highest BCUT2D eigenvalue weighted by Gasteiger charge is 2.17. The van der Waals surface area contributed by atoms with Gasteiger partial charge < -0.3 is 10.1 Å². The molecule has 0 spiro atoms. The van der Waals surface area contributed by atoms with E-state index in [4.69, 9.17) is 4.74 Å². The molecule has 1 fully saturated rings. The van der Waals surface area contributed by atoms with E-state index in [0.29, 0.717) is 6.61 Å². The summed E-state index contributed by atoms with van der Waals surface area (Å²) in [6, 6.07) is 18.5. The fraction of sp³-hybridized carbons (Fsp3) is 0.333. The summed E-state index contributed by atoms with van der Waals surface area (Å²) in [5, 5.41) is 3.53. The summed E-state index contributed by atoms with van der Waals surface area (Å²) in [7, 11) is 0. The maximum absolute atomic E-state index is 5.94. The summed E-state index contributed by atoms with van der Waals surface area (Å²) in [6.07, 6.45) is 4.11. The minimum Gasteiger partial charge on any atom is -0.487 e. The van der Waals surface area contributed by atoms with Gasteiger partial charge in [-0.05, 0) is 36.5 Å². The van der Waals surface area contributed by atoms with Crippen LogP contribution in [0.1, 0.15) is 24.8 Å². The predicted molar refractivity (Wildman–Crippen MR) is 83.0 cm³/mol. The second kappa shape index (κ2) is 6.47. The Morgan fingerprint density at radius 2 is 1.70 bits per heavy atom. The molecule has 104 valence electrons. The fourth-order valence-electron chi connectivity index (χ4n) is 2.43. The van der Waals surface area contributed by atoms with Crippen molar-refractivity contribution in [2.45, 2.75) is 25.9 Å². The molecule has 0 aliphatic heterocycles. The molecular weight excluding hydrogens is 246 g/mol. The SMILES string of the molecule is c1ccc(COc2ccccc2NCC2CCC2)cc1. The van der Waals surface area contributed by atoms with Crippen molar-refractivity contribution in [2.24, 2.45) is 5.92 Å². The maximum atomic E-state index is 5.94. The Morgan fingerprint density at radius 1 is 0.950 bits per heavy atom. The maximum Gasteiger partial charge on any atom is 0.142 e. The lowest BCUT2D eigenvalue weighted by Gasteiger charge is -2.26. The van der Waals surface area contributed by atoms with Crippen molar-refractivity contribution < 1.29 is 4.74 Å². The van der Waals surface area contributed by atoms with Crippen LogP contribution in [0.2, 0.25) is 0 Å². The molecule has 0 radical (unpaired) electrons. The minimum atomic E-state index is 0.614. The van der Waals surface area contributed by atoms with E-state index < -0.39 is 0 Å². The second-order valence-corrected chi connectivity index (χ2v) is 5.45. The van der Waals surface area contributed by atoms with Crippen LogP contribution in [0.4, 0.5) is 5.69 Å². The van der Waals surface area contributed by atoms with E-state index in [1.807, 2.05) is 30.3 Å². The van der Waals surface area contributed by atoms with Crippen molar-refractivity contribution >= 4 is 5.69 Å². The van der Waals surface area contributed by atoms with E-state index in [1.165, 1.54) is 24.8 Å². The molecular formula is C18H21NO. The van der Waals surface area contributed by atoms with E-state index in [2.05, 4.69) is 29.6 Å². The lowest BCUT2D eigenvalue weighted by Crippen LogP contribution is -2.21. The third-order valence-corrected chi connectivity index (χ3v) is 3.93. The molecule has 2 nitrogen and oxygen atoms in total. The first-order valence-corrected chi connectivity index (χ1v) is 7.41. The summed E-state index contributed by atoms with van der Waals surface area (Å²) in [5.41, 5.74) is 2.30. The van der Waals surface area contributed by atoms with E-state index in [9.17, 15) is 0 Å². The number of nitrogens with one attached hydrogen (secondary N) is 1. The molecule has 0 bridgehead atoms. The lowest BCUT2D eigenvalue weighted by molar-refractivity contribution is 0.306. The molecule has 3 rings (SSSR count). The van der Waals surface area contributed by atoms with Gasteiger partial charge in [-0.15, -0.1) is 0 Å². The van der Waals surface area contributed by atoms with E-state index in [1.54, 1.807) is 0 Å². The van der Waals surface area contributed by atoms with E-state index in [0.717, 1.165) is 23.9 Å². The number of ether oxygens (including phenoxy) is 1. The Labute approximate surface area is 120 Å². The molecule has 1 saturated carbocycles. The van der Waals surface area contributed by atoms with Gasteiger partial charge in [0.15, 0.2) is 0 Å². The molecule has 0 atom stereocenters. The van der Waals surface area contributed by atoms with Crippen molar-refractivity contribution in [3.63, 3.8) is 0 Å². The van der Waals surface area contributed by atoms with Crippen LogP contribution in [0.5, 0.6) is 5.75 Å². The average molecular weight is 267 g/mol. The fourth-order valence-corrected chi connectivity index (χ4v) is 2.43. The zero-order valence-electron chi connectivity index (χ0n) is 11.7. The number of hydrogen-bond acceptors (Lipinski definition) is 2. The number of hydrogen-bond donors (Lipinski definition) is 1. The van der Waals surface area contributed by atoms with Crippen LogP contribution in [-0.4, -0.2) is 6.54 Å². The van der Waals surface area contributed by atoms with Gasteiger partial charge in [0.1, 0.15) is 12.4 Å². The van der Waals surface area contributed by atoms with Crippen molar-refractivity contribution in [1.29, 1.82) is 0 Å². The van der Waals surface area contributed by atoms with Gasteiger partial charge in [0.25, 0.3) is 0 Å². The topological polar surface area (TPSA) is 21.3 Å². The Balaban J connectivity index is 1.60. The van der Waals surface area contributed by atoms with Gasteiger partial charge in [-0.25, -0.2) is 0 Å².